The van der Waals surface area contributed by atoms with Gasteiger partial charge in [-0.15, -0.1) is 0 Å². The summed E-state index contributed by atoms with van der Waals surface area (Å²) in [5.41, 5.74) is 2.58. The summed E-state index contributed by atoms with van der Waals surface area (Å²) in [6, 6.07) is 0. The van der Waals surface area contributed by atoms with E-state index < -0.39 is 0 Å². The van der Waals surface area contributed by atoms with E-state index in [0.717, 1.165) is 37.6 Å². The topological polar surface area (TPSA) is 114 Å². The lowest BCUT2D eigenvalue weighted by molar-refractivity contribution is 0.319. The van der Waals surface area contributed by atoms with Gasteiger partial charge in [-0.1, -0.05) is 10.3 Å². The van der Waals surface area contributed by atoms with E-state index in [2.05, 4.69) is 30.9 Å². The van der Waals surface area contributed by atoms with Crippen molar-refractivity contribution in [3.63, 3.8) is 0 Å². The summed E-state index contributed by atoms with van der Waals surface area (Å²) in [6.07, 6.45) is 0. The predicted octanol–water partition coefficient (Wildman–Crippen LogP) is 0.788. The first-order chi connectivity index (χ1) is 10.5. The van der Waals surface area contributed by atoms with Crippen molar-refractivity contribution in [2.45, 2.75) is 27.7 Å². The van der Waals surface area contributed by atoms with Crippen molar-refractivity contribution in [2.75, 3.05) is 39.3 Å². The van der Waals surface area contributed by atoms with Crippen LogP contribution in [0.15, 0.2) is 20.3 Å². The summed E-state index contributed by atoms with van der Waals surface area (Å²) >= 11 is 0. The molecular formula is C14H28N6O2. The van der Waals surface area contributed by atoms with Gasteiger partial charge in [0.25, 0.3) is 0 Å². The summed E-state index contributed by atoms with van der Waals surface area (Å²) in [5, 5.41) is 29.9. The highest BCUT2D eigenvalue weighted by molar-refractivity contribution is 6.40. The highest BCUT2D eigenvalue weighted by Gasteiger charge is 1.96. The van der Waals surface area contributed by atoms with Crippen molar-refractivity contribution in [1.29, 1.82) is 0 Å². The third-order valence-electron chi connectivity index (χ3n) is 3.10. The van der Waals surface area contributed by atoms with Crippen molar-refractivity contribution >= 4 is 22.8 Å². The maximum atomic E-state index is 8.58. The minimum absolute atomic E-state index is 0.541. The van der Waals surface area contributed by atoms with Gasteiger partial charge >= 0.3 is 0 Å². The zero-order valence-corrected chi connectivity index (χ0v) is 13.9. The highest BCUT2D eigenvalue weighted by Crippen LogP contribution is 1.84. The predicted molar refractivity (Wildman–Crippen MR) is 91.5 cm³/mol. The second kappa shape index (κ2) is 12.9. The van der Waals surface area contributed by atoms with E-state index in [1.54, 1.807) is 13.8 Å². The van der Waals surface area contributed by atoms with Crippen LogP contribution in [-0.2, 0) is 0 Å². The van der Waals surface area contributed by atoms with E-state index in [0.29, 0.717) is 24.5 Å². The Morgan fingerprint density at radius 2 is 1.00 bits per heavy atom. The fourth-order valence-electron chi connectivity index (χ4n) is 1.41. The third kappa shape index (κ3) is 10.0. The molecule has 0 aromatic carbocycles. The van der Waals surface area contributed by atoms with Gasteiger partial charge in [-0.05, 0) is 27.7 Å². The Morgan fingerprint density at radius 1 is 0.636 bits per heavy atom. The molecule has 4 N–H and O–H groups in total. The molecule has 0 aliphatic rings. The lowest BCUT2D eigenvalue weighted by atomic mass is 10.3. The van der Waals surface area contributed by atoms with Crippen molar-refractivity contribution < 1.29 is 10.4 Å². The van der Waals surface area contributed by atoms with Crippen LogP contribution in [0.25, 0.3) is 0 Å². The largest absolute Gasteiger partial charge is 0.411 e. The van der Waals surface area contributed by atoms with E-state index in [1.807, 2.05) is 13.8 Å². The Balaban J connectivity index is 3.56. The number of hydrogen-bond donors (Lipinski definition) is 4. The SMILES string of the molecule is CC(=NO)C(C)=NCCNCCNCCN=C(C)C(C)=NO. The van der Waals surface area contributed by atoms with Gasteiger partial charge in [-0.3, -0.25) is 9.98 Å². The summed E-state index contributed by atoms with van der Waals surface area (Å²) < 4.78 is 0. The molecule has 0 aromatic heterocycles. The van der Waals surface area contributed by atoms with Gasteiger partial charge in [0.15, 0.2) is 0 Å². The first-order valence-corrected chi connectivity index (χ1v) is 7.34. The Kier molecular flexibility index (Phi) is 11.8. The molecule has 0 saturated carbocycles. The number of hydrogen-bond acceptors (Lipinski definition) is 8. The van der Waals surface area contributed by atoms with Crippen molar-refractivity contribution in [3.05, 3.63) is 0 Å². The van der Waals surface area contributed by atoms with Crippen LogP contribution < -0.4 is 10.6 Å². The van der Waals surface area contributed by atoms with Crippen molar-refractivity contribution in [3.8, 4) is 0 Å². The first-order valence-electron chi connectivity index (χ1n) is 7.34. The Labute approximate surface area is 132 Å². The molecule has 0 heterocycles. The minimum Gasteiger partial charge on any atom is -0.411 e. The van der Waals surface area contributed by atoms with E-state index in [9.17, 15) is 0 Å². The number of nitrogens with one attached hydrogen (secondary N) is 2. The van der Waals surface area contributed by atoms with Crippen LogP contribution in [0.5, 0.6) is 0 Å². The second-order valence-electron chi connectivity index (χ2n) is 4.81. The smallest absolute Gasteiger partial charge is 0.0971 e. The van der Waals surface area contributed by atoms with Crippen LogP contribution in [-0.4, -0.2) is 72.5 Å². The second-order valence-corrected chi connectivity index (χ2v) is 4.81. The van der Waals surface area contributed by atoms with Gasteiger partial charge in [0.05, 0.1) is 35.9 Å². The molecule has 0 bridgehead atoms. The molecule has 0 atom stereocenters. The normalized spacial score (nSPS) is 14.5. The van der Waals surface area contributed by atoms with Crippen LogP contribution in [0.4, 0.5) is 0 Å². The molecule has 0 aromatic rings. The number of rotatable bonds is 11. The lowest BCUT2D eigenvalue weighted by Crippen LogP contribution is -2.30. The summed E-state index contributed by atoms with van der Waals surface area (Å²) in [5.74, 6) is 0. The van der Waals surface area contributed by atoms with Crippen LogP contribution in [0, 0.1) is 0 Å². The molecule has 0 rings (SSSR count). The van der Waals surface area contributed by atoms with E-state index in [4.69, 9.17) is 10.4 Å². The molecule has 0 unspecified atom stereocenters. The van der Waals surface area contributed by atoms with Gasteiger partial charge in [0.2, 0.25) is 0 Å². The van der Waals surface area contributed by atoms with Crippen LogP contribution in [0.3, 0.4) is 0 Å². The monoisotopic (exact) mass is 312 g/mol. The Morgan fingerprint density at radius 3 is 1.32 bits per heavy atom. The van der Waals surface area contributed by atoms with Gasteiger partial charge < -0.3 is 21.0 Å². The number of aliphatic imine (C=N–C) groups is 2. The van der Waals surface area contributed by atoms with E-state index in [-0.39, 0.29) is 0 Å². The number of nitrogens with zero attached hydrogens (tertiary/aromatic N) is 4. The summed E-state index contributed by atoms with van der Waals surface area (Å²) in [6.45, 7) is 11.6. The summed E-state index contributed by atoms with van der Waals surface area (Å²) in [7, 11) is 0. The molecule has 0 saturated heterocycles. The fraction of sp³-hybridized carbons (Fsp3) is 0.714. The molecule has 0 spiro atoms. The van der Waals surface area contributed by atoms with Crippen LogP contribution in [0.1, 0.15) is 27.7 Å². The molecule has 0 radical (unpaired) electrons. The molecule has 0 fully saturated rings. The van der Waals surface area contributed by atoms with Gasteiger partial charge in [-0.25, -0.2) is 0 Å². The molecule has 8 heteroatoms. The van der Waals surface area contributed by atoms with Crippen molar-refractivity contribution in [2.24, 2.45) is 20.3 Å². The molecule has 126 valence electrons. The first kappa shape index (κ1) is 20.2. The molecule has 0 aliphatic carbocycles. The molecule has 8 nitrogen and oxygen atoms in total. The van der Waals surface area contributed by atoms with Crippen molar-refractivity contribution in [1.82, 2.24) is 10.6 Å². The van der Waals surface area contributed by atoms with Crippen LogP contribution >= 0.6 is 0 Å². The molecule has 0 aliphatic heterocycles. The van der Waals surface area contributed by atoms with Gasteiger partial charge in [0.1, 0.15) is 0 Å². The zero-order chi connectivity index (χ0) is 16.8. The average Bonchev–Trinajstić information content (AvgIpc) is 2.54. The average molecular weight is 312 g/mol. The molecule has 22 heavy (non-hydrogen) atoms. The van der Waals surface area contributed by atoms with E-state index in [1.165, 1.54) is 0 Å². The maximum absolute atomic E-state index is 8.58. The van der Waals surface area contributed by atoms with Gasteiger partial charge in [-0.2, -0.15) is 0 Å². The minimum atomic E-state index is 0.541. The highest BCUT2D eigenvalue weighted by atomic mass is 16.4. The van der Waals surface area contributed by atoms with Gasteiger partial charge in [0, 0.05) is 26.2 Å². The Hall–Kier alpha value is -1.80. The Bertz CT molecular complexity index is 389. The molecular weight excluding hydrogens is 284 g/mol. The fourth-order valence-corrected chi connectivity index (χ4v) is 1.41. The third-order valence-corrected chi connectivity index (χ3v) is 3.10. The zero-order valence-electron chi connectivity index (χ0n) is 13.9. The quantitative estimate of drug-likeness (QED) is 0.195. The standard InChI is InChI=1S/C14H28N6O2/c1-11(13(3)19-21)17-9-7-15-5-6-16-8-10-18-12(2)14(4)20-22/h15-16,21-22H,5-10H2,1-4H3. The molecule has 0 amide bonds. The van der Waals surface area contributed by atoms with Crippen LogP contribution in [0.2, 0.25) is 0 Å². The maximum Gasteiger partial charge on any atom is 0.0971 e. The van der Waals surface area contributed by atoms with E-state index >= 15 is 0 Å². The summed E-state index contributed by atoms with van der Waals surface area (Å²) in [4.78, 5) is 8.56. The lowest BCUT2D eigenvalue weighted by Gasteiger charge is -2.05. The number of oxime groups is 2.